The summed E-state index contributed by atoms with van der Waals surface area (Å²) in [5.41, 5.74) is 4.44. The third-order valence-electron chi connectivity index (χ3n) is 7.27. The highest BCUT2D eigenvalue weighted by Crippen LogP contribution is 2.36. The van der Waals surface area contributed by atoms with Crippen LogP contribution in [-0.4, -0.2) is 38.8 Å². The summed E-state index contributed by atoms with van der Waals surface area (Å²) in [6, 6.07) is 6.38. The zero-order valence-corrected chi connectivity index (χ0v) is 21.0. The number of aryl methyl sites for hydroxylation is 3. The highest BCUT2D eigenvalue weighted by Gasteiger charge is 2.32. The van der Waals surface area contributed by atoms with Crippen molar-refractivity contribution >= 4 is 42.0 Å². The molecule has 1 fully saturated rings. The van der Waals surface area contributed by atoms with Crippen LogP contribution in [0.4, 0.5) is 11.6 Å². The summed E-state index contributed by atoms with van der Waals surface area (Å²) in [5, 5.41) is 0. The van der Waals surface area contributed by atoms with E-state index in [2.05, 4.69) is 18.1 Å². The van der Waals surface area contributed by atoms with E-state index in [1.165, 1.54) is 16.7 Å². The summed E-state index contributed by atoms with van der Waals surface area (Å²) in [6.07, 6.45) is 3.77. The molecule has 0 saturated carbocycles. The molecular weight excluding hydrogens is 436 g/mol. The number of hydrogen-bond donors (Lipinski definition) is 0. The predicted octanol–water partition coefficient (Wildman–Crippen LogP) is 3.69. The SMILES string of the molecule is Cc1cc2c(cc1N(C)c1ncc3c(n1)n(C1CC[Si](C)(C)CC1)c(=O)n3C)oc(=O)n2C. The molecular formula is C23H30N6O3Si. The molecule has 4 heterocycles. The van der Waals surface area contributed by atoms with Gasteiger partial charge in [-0.05, 0) is 31.4 Å². The molecule has 0 atom stereocenters. The number of fused-ring (bicyclic) bond motifs is 2. The predicted molar refractivity (Wildman–Crippen MR) is 132 cm³/mol. The smallest absolute Gasteiger partial charge is 0.408 e. The van der Waals surface area contributed by atoms with Crippen molar-refractivity contribution in [1.82, 2.24) is 23.7 Å². The molecule has 10 heteroatoms. The first-order valence-corrected chi connectivity index (χ1v) is 14.8. The Hall–Kier alpha value is -3.14. The summed E-state index contributed by atoms with van der Waals surface area (Å²) in [6.45, 7) is 6.84. The minimum atomic E-state index is -1.14. The summed E-state index contributed by atoms with van der Waals surface area (Å²) >= 11 is 0. The molecule has 9 nitrogen and oxygen atoms in total. The van der Waals surface area contributed by atoms with Crippen LogP contribution in [0.2, 0.25) is 25.2 Å². The lowest BCUT2D eigenvalue weighted by atomic mass is 10.1. The van der Waals surface area contributed by atoms with E-state index in [9.17, 15) is 9.59 Å². The topological polar surface area (TPSA) is 91.1 Å². The van der Waals surface area contributed by atoms with Crippen LogP contribution < -0.4 is 16.3 Å². The lowest BCUT2D eigenvalue weighted by Gasteiger charge is -2.33. The van der Waals surface area contributed by atoms with Gasteiger partial charge in [0.05, 0.1) is 17.4 Å². The van der Waals surface area contributed by atoms with E-state index < -0.39 is 13.8 Å². The molecule has 174 valence electrons. The molecule has 1 aliphatic heterocycles. The quantitative estimate of drug-likeness (QED) is 0.428. The van der Waals surface area contributed by atoms with Crippen molar-refractivity contribution in [2.45, 2.75) is 51.0 Å². The van der Waals surface area contributed by atoms with Crippen LogP contribution in [0.5, 0.6) is 0 Å². The number of aromatic nitrogens is 5. The maximum Gasteiger partial charge on any atom is 0.419 e. The fourth-order valence-corrected chi connectivity index (χ4v) is 7.47. The van der Waals surface area contributed by atoms with E-state index in [1.807, 2.05) is 35.6 Å². The van der Waals surface area contributed by atoms with Crippen molar-refractivity contribution in [2.24, 2.45) is 14.1 Å². The molecule has 0 radical (unpaired) electrons. The van der Waals surface area contributed by atoms with Gasteiger partial charge in [-0.25, -0.2) is 14.6 Å². The lowest BCUT2D eigenvalue weighted by Crippen LogP contribution is -2.35. The first-order valence-electron chi connectivity index (χ1n) is 11.4. The Morgan fingerprint density at radius 3 is 2.48 bits per heavy atom. The van der Waals surface area contributed by atoms with Crippen molar-refractivity contribution < 1.29 is 4.42 Å². The van der Waals surface area contributed by atoms with E-state index in [0.29, 0.717) is 17.2 Å². The number of hydrogen-bond acceptors (Lipinski definition) is 6. The highest BCUT2D eigenvalue weighted by atomic mass is 28.3. The second-order valence-corrected chi connectivity index (χ2v) is 15.4. The molecule has 1 aromatic carbocycles. The van der Waals surface area contributed by atoms with Crippen LogP contribution >= 0.6 is 0 Å². The lowest BCUT2D eigenvalue weighted by molar-refractivity contribution is 0.443. The molecule has 1 saturated heterocycles. The van der Waals surface area contributed by atoms with Gasteiger partial charge in [0, 0.05) is 41.3 Å². The summed E-state index contributed by atoms with van der Waals surface area (Å²) < 4.78 is 10.4. The number of rotatable bonds is 3. The van der Waals surface area contributed by atoms with Gasteiger partial charge in [0.15, 0.2) is 11.2 Å². The van der Waals surface area contributed by atoms with E-state index in [-0.39, 0.29) is 11.7 Å². The van der Waals surface area contributed by atoms with E-state index in [1.54, 1.807) is 24.9 Å². The third-order valence-corrected chi connectivity index (χ3v) is 10.5. The van der Waals surface area contributed by atoms with Gasteiger partial charge < -0.3 is 9.32 Å². The standard InChI is InChI=1S/C23H30N6O3Si/c1-14-11-17-19(32-23(31)28(17)4)12-16(14)26(2)21-24-13-18-20(25-21)29(22(30)27(18)3)15-7-9-33(5,6)10-8-15/h11-13,15H,7-10H2,1-6H3. The Morgan fingerprint density at radius 2 is 1.79 bits per heavy atom. The molecule has 4 aromatic rings. The number of nitrogens with zero attached hydrogens (tertiary/aromatic N) is 6. The van der Waals surface area contributed by atoms with Crippen molar-refractivity contribution in [2.75, 3.05) is 11.9 Å². The number of benzene rings is 1. The fraction of sp³-hybridized carbons (Fsp3) is 0.478. The maximum atomic E-state index is 13.1. The monoisotopic (exact) mass is 466 g/mol. The number of imidazole rings is 1. The molecule has 5 rings (SSSR count). The summed E-state index contributed by atoms with van der Waals surface area (Å²) in [5.74, 6) is 0.0991. The van der Waals surface area contributed by atoms with Gasteiger partial charge in [-0.3, -0.25) is 13.7 Å². The van der Waals surface area contributed by atoms with Crippen molar-refractivity contribution in [1.29, 1.82) is 0 Å². The second kappa shape index (κ2) is 7.44. The van der Waals surface area contributed by atoms with E-state index in [0.717, 1.165) is 35.1 Å². The largest absolute Gasteiger partial charge is 0.419 e. The molecule has 0 amide bonds. The molecule has 0 N–H and O–H groups in total. The zero-order valence-electron chi connectivity index (χ0n) is 20.0. The molecule has 0 spiro atoms. The zero-order chi connectivity index (χ0) is 23.7. The van der Waals surface area contributed by atoms with Gasteiger partial charge in [0.25, 0.3) is 0 Å². The summed E-state index contributed by atoms with van der Waals surface area (Å²) in [4.78, 5) is 36.4. The third kappa shape index (κ3) is 3.43. The number of anilines is 2. The van der Waals surface area contributed by atoms with Gasteiger partial charge in [0.2, 0.25) is 5.95 Å². The highest BCUT2D eigenvalue weighted by molar-refractivity contribution is 6.77. The van der Waals surface area contributed by atoms with Crippen molar-refractivity contribution in [3.63, 3.8) is 0 Å². The Morgan fingerprint density at radius 1 is 1.09 bits per heavy atom. The van der Waals surface area contributed by atoms with E-state index >= 15 is 0 Å². The molecule has 1 aliphatic rings. The minimum Gasteiger partial charge on any atom is -0.408 e. The van der Waals surface area contributed by atoms with Gasteiger partial charge in [-0.1, -0.05) is 25.2 Å². The molecule has 33 heavy (non-hydrogen) atoms. The van der Waals surface area contributed by atoms with Crippen LogP contribution in [0.1, 0.15) is 24.4 Å². The van der Waals surface area contributed by atoms with Crippen LogP contribution in [-0.2, 0) is 14.1 Å². The number of oxazole rings is 1. The van der Waals surface area contributed by atoms with E-state index in [4.69, 9.17) is 9.40 Å². The van der Waals surface area contributed by atoms with Gasteiger partial charge in [0.1, 0.15) is 5.52 Å². The average molecular weight is 467 g/mol. The first-order chi connectivity index (χ1) is 15.6. The second-order valence-electron chi connectivity index (χ2n) is 10.1. The Bertz CT molecular complexity index is 1500. The van der Waals surface area contributed by atoms with Gasteiger partial charge in [-0.15, -0.1) is 0 Å². The van der Waals surface area contributed by atoms with Crippen molar-refractivity contribution in [3.8, 4) is 0 Å². The van der Waals surface area contributed by atoms with Crippen LogP contribution in [0.25, 0.3) is 22.3 Å². The average Bonchev–Trinajstić information content (AvgIpc) is 3.19. The Labute approximate surface area is 192 Å². The van der Waals surface area contributed by atoms with Crippen molar-refractivity contribution in [3.05, 3.63) is 44.9 Å². The molecule has 0 unspecified atom stereocenters. The Kier molecular flexibility index (Phi) is 4.89. The summed E-state index contributed by atoms with van der Waals surface area (Å²) in [7, 11) is 4.22. The molecule has 0 bridgehead atoms. The normalized spacial score (nSPS) is 16.7. The van der Waals surface area contributed by atoms with Gasteiger partial charge in [-0.2, -0.15) is 4.98 Å². The van der Waals surface area contributed by atoms with Gasteiger partial charge >= 0.3 is 11.4 Å². The fourth-order valence-electron chi connectivity index (χ4n) is 5.00. The van der Waals surface area contributed by atoms with Crippen LogP contribution in [0, 0.1) is 6.92 Å². The Balaban J connectivity index is 1.60. The maximum absolute atomic E-state index is 13.1. The first kappa shape index (κ1) is 21.7. The van der Waals surface area contributed by atoms with Crippen LogP contribution in [0.3, 0.4) is 0 Å². The minimum absolute atomic E-state index is 0.0332. The molecule has 0 aliphatic carbocycles. The van der Waals surface area contributed by atoms with Crippen LogP contribution in [0.15, 0.2) is 32.3 Å². The molecule has 3 aromatic heterocycles.